The van der Waals surface area contributed by atoms with E-state index < -0.39 is 0 Å². The summed E-state index contributed by atoms with van der Waals surface area (Å²) in [5, 5.41) is 6.70. The summed E-state index contributed by atoms with van der Waals surface area (Å²) in [6, 6.07) is 0.253. The molecular weight excluding hydrogens is 240 g/mol. The van der Waals surface area contributed by atoms with Crippen LogP contribution in [0.1, 0.15) is 33.3 Å². The van der Waals surface area contributed by atoms with Gasteiger partial charge in [-0.05, 0) is 26.7 Å². The summed E-state index contributed by atoms with van der Waals surface area (Å²) in [7, 11) is 0. The lowest BCUT2D eigenvalue weighted by Crippen LogP contribution is -2.31. The van der Waals surface area contributed by atoms with Crippen LogP contribution in [0.25, 0.3) is 0 Å². The number of hydrogen-bond acceptors (Lipinski definition) is 5. The molecule has 0 amide bonds. The van der Waals surface area contributed by atoms with Gasteiger partial charge in [-0.3, -0.25) is 0 Å². The van der Waals surface area contributed by atoms with Crippen molar-refractivity contribution < 1.29 is 4.74 Å². The van der Waals surface area contributed by atoms with Gasteiger partial charge in [0, 0.05) is 18.7 Å². The lowest BCUT2D eigenvalue weighted by Gasteiger charge is -2.24. The van der Waals surface area contributed by atoms with Gasteiger partial charge in [0.1, 0.15) is 18.0 Å². The van der Waals surface area contributed by atoms with E-state index in [-0.39, 0.29) is 6.04 Å². The molecular formula is C14H26N4O. The lowest BCUT2D eigenvalue weighted by atomic mass is 10.1. The van der Waals surface area contributed by atoms with Gasteiger partial charge >= 0.3 is 0 Å². The van der Waals surface area contributed by atoms with Crippen LogP contribution in [0.2, 0.25) is 0 Å². The predicted molar refractivity (Wildman–Crippen MR) is 79.7 cm³/mol. The average Bonchev–Trinajstić information content (AvgIpc) is 2.38. The maximum absolute atomic E-state index is 5.53. The fourth-order valence-electron chi connectivity index (χ4n) is 1.76. The third-order valence-corrected chi connectivity index (χ3v) is 3.06. The molecule has 0 saturated carbocycles. The molecule has 0 aliphatic carbocycles. The maximum Gasteiger partial charge on any atom is 0.134 e. The molecule has 0 fully saturated rings. The second-order valence-electron chi connectivity index (χ2n) is 4.88. The minimum Gasteiger partial charge on any atom is -0.380 e. The SMILES string of the molecule is CCNc1ncnc(NC(COCC)C(C)C)c1C. The molecule has 0 spiro atoms. The van der Waals surface area contributed by atoms with Gasteiger partial charge in [0.2, 0.25) is 0 Å². The summed E-state index contributed by atoms with van der Waals surface area (Å²) >= 11 is 0. The molecule has 2 N–H and O–H groups in total. The van der Waals surface area contributed by atoms with Gasteiger partial charge in [-0.2, -0.15) is 0 Å². The van der Waals surface area contributed by atoms with Crippen molar-refractivity contribution in [2.45, 2.75) is 40.7 Å². The Morgan fingerprint density at radius 1 is 1.21 bits per heavy atom. The van der Waals surface area contributed by atoms with Crippen LogP contribution >= 0.6 is 0 Å². The van der Waals surface area contributed by atoms with Crippen molar-refractivity contribution in [3.05, 3.63) is 11.9 Å². The zero-order chi connectivity index (χ0) is 14.3. The first-order chi connectivity index (χ1) is 9.10. The Morgan fingerprint density at radius 2 is 1.89 bits per heavy atom. The molecule has 5 heteroatoms. The van der Waals surface area contributed by atoms with E-state index in [2.05, 4.69) is 41.4 Å². The smallest absolute Gasteiger partial charge is 0.134 e. The van der Waals surface area contributed by atoms with Crippen molar-refractivity contribution in [2.24, 2.45) is 5.92 Å². The second kappa shape index (κ2) is 7.94. The van der Waals surface area contributed by atoms with Crippen LogP contribution in [0.15, 0.2) is 6.33 Å². The zero-order valence-corrected chi connectivity index (χ0v) is 12.7. The summed E-state index contributed by atoms with van der Waals surface area (Å²) in [6.07, 6.45) is 1.59. The Labute approximate surface area is 116 Å². The fraction of sp³-hybridized carbons (Fsp3) is 0.714. The van der Waals surface area contributed by atoms with E-state index in [9.17, 15) is 0 Å². The molecule has 19 heavy (non-hydrogen) atoms. The van der Waals surface area contributed by atoms with E-state index in [1.54, 1.807) is 6.33 Å². The van der Waals surface area contributed by atoms with Crippen LogP contribution in [-0.4, -0.2) is 35.8 Å². The zero-order valence-electron chi connectivity index (χ0n) is 12.7. The monoisotopic (exact) mass is 266 g/mol. The molecule has 1 aromatic heterocycles. The summed E-state index contributed by atoms with van der Waals surface area (Å²) < 4.78 is 5.53. The quantitative estimate of drug-likeness (QED) is 0.757. The van der Waals surface area contributed by atoms with Gasteiger partial charge in [0.15, 0.2) is 0 Å². The number of aromatic nitrogens is 2. The first kappa shape index (κ1) is 15.7. The van der Waals surface area contributed by atoms with Crippen molar-refractivity contribution in [3.8, 4) is 0 Å². The number of hydrogen-bond donors (Lipinski definition) is 2. The standard InChI is InChI=1S/C14H26N4O/c1-6-15-13-11(5)14(17-9-16-13)18-12(10(3)4)8-19-7-2/h9-10,12H,6-8H2,1-5H3,(H2,15,16,17,18). The van der Waals surface area contributed by atoms with Gasteiger partial charge in [-0.15, -0.1) is 0 Å². The lowest BCUT2D eigenvalue weighted by molar-refractivity contribution is 0.126. The van der Waals surface area contributed by atoms with Crippen LogP contribution in [-0.2, 0) is 4.74 Å². The molecule has 108 valence electrons. The third kappa shape index (κ3) is 4.67. The van der Waals surface area contributed by atoms with Gasteiger partial charge in [-0.25, -0.2) is 9.97 Å². The highest BCUT2D eigenvalue weighted by molar-refractivity contribution is 5.56. The van der Waals surface area contributed by atoms with E-state index in [0.717, 1.165) is 30.4 Å². The Balaban J connectivity index is 2.81. The molecule has 0 radical (unpaired) electrons. The number of rotatable bonds is 8. The maximum atomic E-state index is 5.53. The normalized spacial score (nSPS) is 12.5. The number of nitrogens with one attached hydrogen (secondary N) is 2. The Hall–Kier alpha value is -1.36. The molecule has 1 heterocycles. The van der Waals surface area contributed by atoms with Crippen LogP contribution < -0.4 is 10.6 Å². The van der Waals surface area contributed by atoms with E-state index in [4.69, 9.17) is 4.74 Å². The van der Waals surface area contributed by atoms with Gasteiger partial charge in [0.25, 0.3) is 0 Å². The minimum absolute atomic E-state index is 0.253. The van der Waals surface area contributed by atoms with Crippen LogP contribution in [0.3, 0.4) is 0 Å². The Bertz CT molecular complexity index is 382. The first-order valence-corrected chi connectivity index (χ1v) is 6.99. The second-order valence-corrected chi connectivity index (χ2v) is 4.88. The summed E-state index contributed by atoms with van der Waals surface area (Å²) in [5.41, 5.74) is 1.05. The molecule has 0 saturated heterocycles. The van der Waals surface area contributed by atoms with Crippen LogP contribution in [0, 0.1) is 12.8 Å². The Kier molecular flexibility index (Phi) is 6.56. The van der Waals surface area contributed by atoms with Crippen LogP contribution in [0.4, 0.5) is 11.6 Å². The van der Waals surface area contributed by atoms with E-state index in [1.165, 1.54) is 0 Å². The molecule has 1 rings (SSSR count). The van der Waals surface area contributed by atoms with Gasteiger partial charge < -0.3 is 15.4 Å². The fourth-order valence-corrected chi connectivity index (χ4v) is 1.76. The number of nitrogens with zero attached hydrogens (tertiary/aromatic N) is 2. The summed E-state index contributed by atoms with van der Waals surface area (Å²) in [6.45, 7) is 12.7. The highest BCUT2D eigenvalue weighted by Gasteiger charge is 2.16. The highest BCUT2D eigenvalue weighted by Crippen LogP contribution is 2.20. The minimum atomic E-state index is 0.253. The van der Waals surface area contributed by atoms with Gasteiger partial charge in [-0.1, -0.05) is 13.8 Å². The van der Waals surface area contributed by atoms with Gasteiger partial charge in [0.05, 0.1) is 12.6 Å². The number of anilines is 2. The Morgan fingerprint density at radius 3 is 2.47 bits per heavy atom. The third-order valence-electron chi connectivity index (χ3n) is 3.06. The molecule has 1 unspecified atom stereocenters. The summed E-state index contributed by atoms with van der Waals surface area (Å²) in [5.74, 6) is 2.24. The average molecular weight is 266 g/mol. The van der Waals surface area contributed by atoms with E-state index >= 15 is 0 Å². The van der Waals surface area contributed by atoms with Crippen molar-refractivity contribution in [3.63, 3.8) is 0 Å². The van der Waals surface area contributed by atoms with Crippen molar-refractivity contribution in [2.75, 3.05) is 30.4 Å². The van der Waals surface area contributed by atoms with E-state index in [0.29, 0.717) is 12.5 Å². The molecule has 1 aromatic rings. The molecule has 0 aromatic carbocycles. The number of ether oxygens (including phenoxy) is 1. The van der Waals surface area contributed by atoms with Crippen molar-refractivity contribution in [1.82, 2.24) is 9.97 Å². The summed E-state index contributed by atoms with van der Waals surface area (Å²) in [4.78, 5) is 8.58. The highest BCUT2D eigenvalue weighted by atomic mass is 16.5. The van der Waals surface area contributed by atoms with Crippen LogP contribution in [0.5, 0.6) is 0 Å². The van der Waals surface area contributed by atoms with Crippen molar-refractivity contribution in [1.29, 1.82) is 0 Å². The molecule has 0 bridgehead atoms. The molecule has 1 atom stereocenters. The topological polar surface area (TPSA) is 59.1 Å². The largest absolute Gasteiger partial charge is 0.380 e. The molecule has 0 aliphatic rings. The van der Waals surface area contributed by atoms with Crippen molar-refractivity contribution >= 4 is 11.6 Å². The first-order valence-electron chi connectivity index (χ1n) is 6.99. The predicted octanol–water partition coefficient (Wildman–Crippen LogP) is 2.69. The van der Waals surface area contributed by atoms with E-state index in [1.807, 2.05) is 13.8 Å². The molecule has 5 nitrogen and oxygen atoms in total. The molecule has 0 aliphatic heterocycles.